The summed E-state index contributed by atoms with van der Waals surface area (Å²) in [5.41, 5.74) is 1.73. The fourth-order valence-electron chi connectivity index (χ4n) is 2.27. The SMILES string of the molecule is O=C(O)Cc1ccc(Cn2ccc3sccc3c2=O)cc1. The van der Waals surface area contributed by atoms with Crippen LogP contribution in [0.1, 0.15) is 11.1 Å². The van der Waals surface area contributed by atoms with Crippen molar-refractivity contribution in [1.82, 2.24) is 4.57 Å². The number of thiophene rings is 1. The number of benzene rings is 1. The molecule has 0 unspecified atom stereocenters. The van der Waals surface area contributed by atoms with Crippen molar-refractivity contribution < 1.29 is 9.90 Å². The van der Waals surface area contributed by atoms with Gasteiger partial charge in [0.15, 0.2) is 0 Å². The number of hydrogen-bond donors (Lipinski definition) is 1. The zero-order valence-electron chi connectivity index (χ0n) is 11.2. The van der Waals surface area contributed by atoms with Gasteiger partial charge < -0.3 is 9.67 Å². The van der Waals surface area contributed by atoms with Crippen molar-refractivity contribution in [3.63, 3.8) is 0 Å². The summed E-state index contributed by atoms with van der Waals surface area (Å²) in [4.78, 5) is 22.9. The van der Waals surface area contributed by atoms with Gasteiger partial charge in [0, 0.05) is 10.9 Å². The topological polar surface area (TPSA) is 59.3 Å². The molecule has 0 aliphatic heterocycles. The Morgan fingerprint density at radius 2 is 1.81 bits per heavy atom. The maximum atomic E-state index is 12.3. The Hall–Kier alpha value is -2.40. The second-order valence-electron chi connectivity index (χ2n) is 4.83. The van der Waals surface area contributed by atoms with Crippen LogP contribution in [0.4, 0.5) is 0 Å². The predicted molar refractivity (Wildman–Crippen MR) is 83.0 cm³/mol. The second kappa shape index (κ2) is 5.54. The van der Waals surface area contributed by atoms with E-state index >= 15 is 0 Å². The van der Waals surface area contributed by atoms with Gasteiger partial charge in [0.1, 0.15) is 0 Å². The Morgan fingerprint density at radius 1 is 1.10 bits per heavy atom. The van der Waals surface area contributed by atoms with Crippen molar-refractivity contribution in [2.45, 2.75) is 13.0 Å². The summed E-state index contributed by atoms with van der Waals surface area (Å²) < 4.78 is 2.66. The molecule has 0 fully saturated rings. The Kier molecular flexibility index (Phi) is 3.58. The molecule has 1 aromatic carbocycles. The predicted octanol–water partition coefficient (Wildman–Crippen LogP) is 2.74. The second-order valence-corrected chi connectivity index (χ2v) is 5.78. The highest BCUT2D eigenvalue weighted by atomic mass is 32.1. The van der Waals surface area contributed by atoms with E-state index in [0.717, 1.165) is 21.2 Å². The van der Waals surface area contributed by atoms with E-state index < -0.39 is 5.97 Å². The number of fused-ring (bicyclic) bond motifs is 1. The molecule has 0 saturated carbocycles. The Balaban J connectivity index is 1.86. The summed E-state index contributed by atoms with van der Waals surface area (Å²) in [6, 6.07) is 11.1. The van der Waals surface area contributed by atoms with E-state index in [2.05, 4.69) is 0 Å². The highest BCUT2D eigenvalue weighted by Gasteiger charge is 2.05. The molecule has 0 aliphatic carbocycles. The van der Waals surface area contributed by atoms with Gasteiger partial charge in [-0.1, -0.05) is 24.3 Å². The van der Waals surface area contributed by atoms with E-state index in [0.29, 0.717) is 6.54 Å². The number of aliphatic carboxylic acids is 1. The largest absolute Gasteiger partial charge is 0.481 e. The Bertz CT molecular complexity index is 846. The van der Waals surface area contributed by atoms with Crippen LogP contribution < -0.4 is 5.56 Å². The summed E-state index contributed by atoms with van der Waals surface area (Å²) in [5.74, 6) is -0.845. The lowest BCUT2D eigenvalue weighted by atomic mass is 10.1. The summed E-state index contributed by atoms with van der Waals surface area (Å²) in [6.07, 6.45) is 1.81. The molecular weight excluding hydrogens is 286 g/mol. The van der Waals surface area contributed by atoms with Crippen molar-refractivity contribution in [3.05, 3.63) is 69.5 Å². The number of aromatic nitrogens is 1. The molecule has 1 N–H and O–H groups in total. The standard InChI is InChI=1S/C16H13NO3S/c18-15(19)9-11-1-3-12(4-2-11)10-17-7-5-14-13(16(17)20)6-8-21-14/h1-8H,9-10H2,(H,18,19). The van der Waals surface area contributed by atoms with Crippen LogP contribution in [-0.2, 0) is 17.8 Å². The molecule has 2 heterocycles. The van der Waals surface area contributed by atoms with Crippen molar-refractivity contribution in [2.24, 2.45) is 0 Å². The first-order chi connectivity index (χ1) is 10.1. The van der Waals surface area contributed by atoms with Gasteiger partial charge in [0.25, 0.3) is 5.56 Å². The first-order valence-corrected chi connectivity index (χ1v) is 7.38. The average Bonchev–Trinajstić information content (AvgIpc) is 2.93. The van der Waals surface area contributed by atoms with E-state index in [4.69, 9.17) is 5.11 Å². The molecule has 0 aliphatic rings. The third kappa shape index (κ3) is 2.87. The lowest BCUT2D eigenvalue weighted by molar-refractivity contribution is -0.136. The van der Waals surface area contributed by atoms with Crippen LogP contribution in [-0.4, -0.2) is 15.6 Å². The van der Waals surface area contributed by atoms with Crippen LogP contribution in [0.3, 0.4) is 0 Å². The normalized spacial score (nSPS) is 10.9. The van der Waals surface area contributed by atoms with Crippen LogP contribution >= 0.6 is 11.3 Å². The number of rotatable bonds is 4. The molecule has 106 valence electrons. The summed E-state index contributed by atoms with van der Waals surface area (Å²) >= 11 is 1.56. The van der Waals surface area contributed by atoms with E-state index in [-0.39, 0.29) is 12.0 Å². The molecule has 5 heteroatoms. The molecule has 0 saturated heterocycles. The fourth-order valence-corrected chi connectivity index (χ4v) is 3.04. The lowest BCUT2D eigenvalue weighted by Crippen LogP contribution is -2.19. The minimum Gasteiger partial charge on any atom is -0.481 e. The maximum absolute atomic E-state index is 12.3. The van der Waals surface area contributed by atoms with Crippen LogP contribution in [0.25, 0.3) is 10.1 Å². The van der Waals surface area contributed by atoms with Gasteiger partial charge in [0.2, 0.25) is 0 Å². The molecule has 0 radical (unpaired) electrons. The third-order valence-electron chi connectivity index (χ3n) is 3.32. The first-order valence-electron chi connectivity index (χ1n) is 6.50. The first kappa shape index (κ1) is 13.6. The molecule has 2 aromatic heterocycles. The van der Waals surface area contributed by atoms with Crippen molar-refractivity contribution in [2.75, 3.05) is 0 Å². The van der Waals surface area contributed by atoms with Gasteiger partial charge in [-0.2, -0.15) is 0 Å². The van der Waals surface area contributed by atoms with Crippen LogP contribution in [0.2, 0.25) is 0 Å². The number of carbonyl (C=O) groups is 1. The van der Waals surface area contributed by atoms with E-state index in [1.54, 1.807) is 34.2 Å². The van der Waals surface area contributed by atoms with Gasteiger partial charge in [-0.15, -0.1) is 11.3 Å². The van der Waals surface area contributed by atoms with Crippen LogP contribution in [0.5, 0.6) is 0 Å². The zero-order chi connectivity index (χ0) is 14.8. The van der Waals surface area contributed by atoms with Crippen molar-refractivity contribution in [1.29, 1.82) is 0 Å². The van der Waals surface area contributed by atoms with Crippen molar-refractivity contribution in [3.8, 4) is 0 Å². The number of pyridine rings is 1. The molecule has 0 spiro atoms. The van der Waals surface area contributed by atoms with Crippen LogP contribution in [0.15, 0.2) is 52.8 Å². The van der Waals surface area contributed by atoms with Gasteiger partial charge in [0.05, 0.1) is 18.4 Å². The average molecular weight is 299 g/mol. The number of carboxylic acids is 1. The summed E-state index contributed by atoms with van der Waals surface area (Å²) in [6.45, 7) is 0.484. The number of hydrogen-bond acceptors (Lipinski definition) is 3. The number of nitrogens with zero attached hydrogens (tertiary/aromatic N) is 1. The van der Waals surface area contributed by atoms with Gasteiger partial charge in [-0.3, -0.25) is 9.59 Å². The van der Waals surface area contributed by atoms with E-state index in [1.165, 1.54) is 0 Å². The molecule has 4 nitrogen and oxygen atoms in total. The van der Waals surface area contributed by atoms with Gasteiger partial charge in [-0.25, -0.2) is 0 Å². The monoisotopic (exact) mass is 299 g/mol. The van der Waals surface area contributed by atoms with Gasteiger partial charge >= 0.3 is 5.97 Å². The van der Waals surface area contributed by atoms with E-state index in [9.17, 15) is 9.59 Å². The van der Waals surface area contributed by atoms with E-state index in [1.807, 2.05) is 29.6 Å². The number of carboxylic acid groups (broad SMARTS) is 1. The highest BCUT2D eigenvalue weighted by molar-refractivity contribution is 7.17. The fraction of sp³-hybridized carbons (Fsp3) is 0.125. The molecule has 0 atom stereocenters. The quantitative estimate of drug-likeness (QED) is 0.806. The Morgan fingerprint density at radius 3 is 2.52 bits per heavy atom. The molecule has 0 bridgehead atoms. The van der Waals surface area contributed by atoms with Gasteiger partial charge in [-0.05, 0) is 28.6 Å². The Labute approximate surface area is 124 Å². The minimum atomic E-state index is -0.845. The van der Waals surface area contributed by atoms with Crippen molar-refractivity contribution >= 4 is 27.4 Å². The molecular formula is C16H13NO3S. The maximum Gasteiger partial charge on any atom is 0.307 e. The molecule has 3 rings (SSSR count). The summed E-state index contributed by atoms with van der Waals surface area (Å²) in [5, 5.41) is 11.4. The third-order valence-corrected chi connectivity index (χ3v) is 4.21. The molecule has 21 heavy (non-hydrogen) atoms. The zero-order valence-corrected chi connectivity index (χ0v) is 12.0. The molecule has 3 aromatic rings. The summed E-state index contributed by atoms with van der Waals surface area (Å²) in [7, 11) is 0. The smallest absolute Gasteiger partial charge is 0.307 e. The minimum absolute atomic E-state index is 0.00311. The lowest BCUT2D eigenvalue weighted by Gasteiger charge is -2.07. The van der Waals surface area contributed by atoms with Crippen LogP contribution in [0, 0.1) is 0 Å². The molecule has 0 amide bonds. The highest BCUT2D eigenvalue weighted by Crippen LogP contribution is 2.16.